The number of carbonyl (C=O) groups excluding carboxylic acids is 2. The van der Waals surface area contributed by atoms with E-state index in [1.165, 1.54) is 18.2 Å². The maximum Gasteiger partial charge on any atom is 0.254 e. The van der Waals surface area contributed by atoms with E-state index < -0.39 is 11.7 Å². The molecule has 0 saturated carbocycles. The molecule has 0 aliphatic carbocycles. The number of hydrogen-bond acceptors (Lipinski definition) is 3. The Bertz CT molecular complexity index is 476. The SMILES string of the molecule is CCN(CC)C(=O)CNC(=O)c1cc(S)ccc1F. The third-order valence-electron chi connectivity index (χ3n) is 2.71. The van der Waals surface area contributed by atoms with Gasteiger partial charge in [0.1, 0.15) is 5.82 Å². The molecule has 0 radical (unpaired) electrons. The number of carbonyl (C=O) groups is 2. The van der Waals surface area contributed by atoms with Crippen LogP contribution in [0, 0.1) is 5.82 Å². The molecule has 0 bridgehead atoms. The van der Waals surface area contributed by atoms with Gasteiger partial charge in [0.15, 0.2) is 0 Å². The highest BCUT2D eigenvalue weighted by molar-refractivity contribution is 7.80. The van der Waals surface area contributed by atoms with Gasteiger partial charge in [-0.15, -0.1) is 12.6 Å². The average molecular weight is 284 g/mol. The molecule has 2 amide bonds. The highest BCUT2D eigenvalue weighted by atomic mass is 32.1. The van der Waals surface area contributed by atoms with Crippen LogP contribution in [0.4, 0.5) is 4.39 Å². The Hall–Kier alpha value is -1.56. The number of nitrogens with zero attached hydrogens (tertiary/aromatic N) is 1. The standard InChI is InChI=1S/C13H17FN2O2S/c1-3-16(4-2)12(17)8-15-13(18)10-7-9(19)5-6-11(10)14/h5-7,19H,3-4,8H2,1-2H3,(H,15,18). The number of rotatable bonds is 5. The third kappa shape index (κ3) is 4.24. The lowest BCUT2D eigenvalue weighted by atomic mass is 10.2. The van der Waals surface area contributed by atoms with Gasteiger partial charge in [-0.05, 0) is 32.0 Å². The zero-order valence-corrected chi connectivity index (χ0v) is 11.8. The molecule has 104 valence electrons. The molecule has 0 saturated heterocycles. The lowest BCUT2D eigenvalue weighted by Crippen LogP contribution is -2.40. The lowest BCUT2D eigenvalue weighted by Gasteiger charge is -2.18. The molecule has 1 N–H and O–H groups in total. The summed E-state index contributed by atoms with van der Waals surface area (Å²) in [7, 11) is 0. The Morgan fingerprint density at radius 2 is 1.95 bits per heavy atom. The summed E-state index contributed by atoms with van der Waals surface area (Å²) in [5.74, 6) is -1.44. The molecule has 19 heavy (non-hydrogen) atoms. The minimum atomic E-state index is -0.634. The van der Waals surface area contributed by atoms with E-state index in [1.807, 2.05) is 13.8 Å². The van der Waals surface area contributed by atoms with Crippen LogP contribution >= 0.6 is 12.6 Å². The smallest absolute Gasteiger partial charge is 0.254 e. The van der Waals surface area contributed by atoms with Gasteiger partial charge in [-0.1, -0.05) is 0 Å². The Kier molecular flexibility index (Phi) is 5.82. The van der Waals surface area contributed by atoms with E-state index in [9.17, 15) is 14.0 Å². The fourth-order valence-corrected chi connectivity index (χ4v) is 1.83. The van der Waals surface area contributed by atoms with E-state index in [0.717, 1.165) is 0 Å². The van der Waals surface area contributed by atoms with Crippen molar-refractivity contribution in [1.82, 2.24) is 10.2 Å². The van der Waals surface area contributed by atoms with Gasteiger partial charge in [0.05, 0.1) is 12.1 Å². The van der Waals surface area contributed by atoms with Crippen molar-refractivity contribution in [3.8, 4) is 0 Å². The lowest BCUT2D eigenvalue weighted by molar-refractivity contribution is -0.129. The van der Waals surface area contributed by atoms with Crippen LogP contribution in [0.5, 0.6) is 0 Å². The number of thiol groups is 1. The summed E-state index contributed by atoms with van der Waals surface area (Å²) in [6.07, 6.45) is 0. The predicted octanol–water partition coefficient (Wildman–Crippen LogP) is 1.71. The maximum absolute atomic E-state index is 13.4. The number of nitrogens with one attached hydrogen (secondary N) is 1. The van der Waals surface area contributed by atoms with Gasteiger partial charge in [0, 0.05) is 18.0 Å². The summed E-state index contributed by atoms with van der Waals surface area (Å²) in [5.41, 5.74) is -0.111. The summed E-state index contributed by atoms with van der Waals surface area (Å²) < 4.78 is 13.4. The van der Waals surface area contributed by atoms with Gasteiger partial charge < -0.3 is 10.2 Å². The van der Waals surface area contributed by atoms with Crippen molar-refractivity contribution in [3.05, 3.63) is 29.6 Å². The number of benzene rings is 1. The molecule has 0 unspecified atom stereocenters. The number of amides is 2. The molecule has 1 aromatic rings. The molecule has 1 rings (SSSR count). The van der Waals surface area contributed by atoms with Crippen molar-refractivity contribution >= 4 is 24.4 Å². The molecular weight excluding hydrogens is 267 g/mol. The quantitative estimate of drug-likeness (QED) is 0.809. The topological polar surface area (TPSA) is 49.4 Å². The molecule has 0 aliphatic rings. The third-order valence-corrected chi connectivity index (χ3v) is 2.99. The van der Waals surface area contributed by atoms with E-state index in [0.29, 0.717) is 18.0 Å². The molecular formula is C13H17FN2O2S. The summed E-state index contributed by atoms with van der Waals surface area (Å²) in [6.45, 7) is 4.72. The first-order valence-corrected chi connectivity index (χ1v) is 6.48. The fraction of sp³-hybridized carbons (Fsp3) is 0.385. The molecule has 0 atom stereocenters. The molecule has 0 aliphatic heterocycles. The molecule has 4 nitrogen and oxygen atoms in total. The van der Waals surface area contributed by atoms with E-state index in [1.54, 1.807) is 4.90 Å². The van der Waals surface area contributed by atoms with Gasteiger partial charge in [-0.25, -0.2) is 4.39 Å². The minimum Gasteiger partial charge on any atom is -0.343 e. The van der Waals surface area contributed by atoms with Crippen molar-refractivity contribution < 1.29 is 14.0 Å². The van der Waals surface area contributed by atoms with Gasteiger partial charge >= 0.3 is 0 Å². The van der Waals surface area contributed by atoms with Gasteiger partial charge in [-0.2, -0.15) is 0 Å². The molecule has 0 spiro atoms. The van der Waals surface area contributed by atoms with Crippen LogP contribution in [-0.4, -0.2) is 36.3 Å². The van der Waals surface area contributed by atoms with Crippen molar-refractivity contribution in [2.24, 2.45) is 0 Å². The Balaban J connectivity index is 2.65. The van der Waals surface area contributed by atoms with Crippen LogP contribution in [0.15, 0.2) is 23.1 Å². The number of likely N-dealkylation sites (N-methyl/N-ethyl adjacent to an activating group) is 1. The van der Waals surface area contributed by atoms with Crippen molar-refractivity contribution in [3.63, 3.8) is 0 Å². The molecule has 0 fully saturated rings. The van der Waals surface area contributed by atoms with Gasteiger partial charge in [0.25, 0.3) is 5.91 Å². The number of halogens is 1. The Morgan fingerprint density at radius 1 is 1.32 bits per heavy atom. The average Bonchev–Trinajstić information content (AvgIpc) is 2.40. The second kappa shape index (κ2) is 7.13. The minimum absolute atomic E-state index is 0.111. The van der Waals surface area contributed by atoms with E-state index >= 15 is 0 Å². The van der Waals surface area contributed by atoms with Crippen LogP contribution in [-0.2, 0) is 4.79 Å². The normalized spacial score (nSPS) is 10.1. The Labute approximate surface area is 117 Å². The predicted molar refractivity (Wildman–Crippen MR) is 73.9 cm³/mol. The van der Waals surface area contributed by atoms with Crippen LogP contribution in [0.25, 0.3) is 0 Å². The first kappa shape index (κ1) is 15.5. The zero-order chi connectivity index (χ0) is 14.4. The first-order valence-electron chi connectivity index (χ1n) is 6.04. The van der Waals surface area contributed by atoms with Crippen LogP contribution < -0.4 is 5.32 Å². The van der Waals surface area contributed by atoms with Gasteiger partial charge in [0.2, 0.25) is 5.91 Å². The van der Waals surface area contributed by atoms with E-state index in [2.05, 4.69) is 17.9 Å². The highest BCUT2D eigenvalue weighted by Gasteiger charge is 2.15. The highest BCUT2D eigenvalue weighted by Crippen LogP contribution is 2.13. The molecule has 0 aromatic heterocycles. The summed E-state index contributed by atoms with van der Waals surface area (Å²) in [4.78, 5) is 25.5. The second-order valence-electron chi connectivity index (χ2n) is 3.91. The maximum atomic E-state index is 13.4. The van der Waals surface area contributed by atoms with Crippen LogP contribution in [0.1, 0.15) is 24.2 Å². The van der Waals surface area contributed by atoms with E-state index in [4.69, 9.17) is 0 Å². The molecule has 6 heteroatoms. The largest absolute Gasteiger partial charge is 0.343 e. The molecule has 0 heterocycles. The van der Waals surface area contributed by atoms with Crippen molar-refractivity contribution in [2.45, 2.75) is 18.7 Å². The van der Waals surface area contributed by atoms with Crippen molar-refractivity contribution in [1.29, 1.82) is 0 Å². The fourth-order valence-electron chi connectivity index (χ4n) is 1.63. The zero-order valence-electron chi connectivity index (χ0n) is 10.9. The first-order chi connectivity index (χ1) is 8.99. The number of hydrogen-bond donors (Lipinski definition) is 2. The summed E-state index contributed by atoms with van der Waals surface area (Å²) in [5, 5.41) is 2.41. The monoisotopic (exact) mass is 284 g/mol. The molecule has 1 aromatic carbocycles. The summed E-state index contributed by atoms with van der Waals surface area (Å²) in [6, 6.07) is 3.95. The van der Waals surface area contributed by atoms with E-state index in [-0.39, 0.29) is 18.0 Å². The van der Waals surface area contributed by atoms with Gasteiger partial charge in [-0.3, -0.25) is 9.59 Å². The Morgan fingerprint density at radius 3 is 2.53 bits per heavy atom. The van der Waals surface area contributed by atoms with Crippen LogP contribution in [0.3, 0.4) is 0 Å². The second-order valence-corrected chi connectivity index (χ2v) is 4.43. The van der Waals surface area contributed by atoms with Crippen molar-refractivity contribution in [2.75, 3.05) is 19.6 Å². The summed E-state index contributed by atoms with van der Waals surface area (Å²) >= 11 is 4.05. The van der Waals surface area contributed by atoms with Crippen LogP contribution in [0.2, 0.25) is 0 Å².